The van der Waals surface area contributed by atoms with Gasteiger partial charge in [-0.25, -0.2) is 8.42 Å². The summed E-state index contributed by atoms with van der Waals surface area (Å²) in [5.74, 6) is 0. The lowest BCUT2D eigenvalue weighted by Crippen LogP contribution is -2.26. The van der Waals surface area contributed by atoms with E-state index in [2.05, 4.69) is 0 Å². The number of hydrogen-bond acceptors (Lipinski definition) is 4. The molecule has 108 valence electrons. The Bertz CT molecular complexity index is 646. The molecule has 1 aromatic carbocycles. The third kappa shape index (κ3) is 3.27. The van der Waals surface area contributed by atoms with Crippen LogP contribution in [0.5, 0.6) is 0 Å². The number of sulfonamides is 1. The van der Waals surface area contributed by atoms with Gasteiger partial charge < -0.3 is 5.11 Å². The zero-order chi connectivity index (χ0) is 14.8. The lowest BCUT2D eigenvalue weighted by atomic mass is 10.1. The number of aliphatic hydroxyl groups is 1. The summed E-state index contributed by atoms with van der Waals surface area (Å²) in [6.07, 6.45) is -0.601. The first-order valence-corrected chi connectivity index (χ1v) is 8.50. The number of hydrogen-bond donors (Lipinski definition) is 1. The molecule has 0 aliphatic carbocycles. The molecule has 0 radical (unpaired) electrons. The fraction of sp³-hybridized carbons (Fsp3) is 0.286. The zero-order valence-electron chi connectivity index (χ0n) is 11.4. The van der Waals surface area contributed by atoms with E-state index in [1.165, 1.54) is 27.8 Å². The summed E-state index contributed by atoms with van der Waals surface area (Å²) in [4.78, 5) is 1.23. The Labute approximate surface area is 123 Å². The van der Waals surface area contributed by atoms with Crippen molar-refractivity contribution in [1.82, 2.24) is 4.31 Å². The molecule has 1 aromatic heterocycles. The summed E-state index contributed by atoms with van der Waals surface area (Å²) in [5.41, 5.74) is 0.699. The first kappa shape index (κ1) is 15.2. The molecule has 0 bridgehead atoms. The van der Waals surface area contributed by atoms with E-state index < -0.39 is 16.1 Å². The highest BCUT2D eigenvalue weighted by Crippen LogP contribution is 2.21. The first-order valence-electron chi connectivity index (χ1n) is 6.18. The van der Waals surface area contributed by atoms with Crippen LogP contribution in [0.2, 0.25) is 0 Å². The largest absolute Gasteiger partial charge is 0.389 e. The number of benzene rings is 1. The van der Waals surface area contributed by atoms with Gasteiger partial charge in [0.2, 0.25) is 10.0 Å². The highest BCUT2D eigenvalue weighted by atomic mass is 32.2. The van der Waals surface area contributed by atoms with Crippen LogP contribution in [0.3, 0.4) is 0 Å². The molecule has 0 spiro atoms. The molecule has 0 aliphatic heterocycles. The summed E-state index contributed by atoms with van der Waals surface area (Å²) in [6, 6.07) is 10.1. The summed E-state index contributed by atoms with van der Waals surface area (Å²) in [7, 11) is -1.93. The van der Waals surface area contributed by atoms with Crippen LogP contribution in [0.4, 0.5) is 0 Å². The first-order chi connectivity index (χ1) is 9.41. The maximum absolute atomic E-state index is 12.4. The van der Waals surface area contributed by atoms with Gasteiger partial charge in [0.15, 0.2) is 0 Å². The Kier molecular flexibility index (Phi) is 4.59. The van der Waals surface area contributed by atoms with Gasteiger partial charge in [-0.1, -0.05) is 18.2 Å². The van der Waals surface area contributed by atoms with E-state index >= 15 is 0 Å². The molecule has 4 nitrogen and oxygen atoms in total. The number of thiophene rings is 1. The van der Waals surface area contributed by atoms with Gasteiger partial charge in [-0.15, -0.1) is 11.3 Å². The summed E-state index contributed by atoms with van der Waals surface area (Å²) >= 11 is 1.53. The predicted molar refractivity (Wildman–Crippen MR) is 80.0 cm³/mol. The van der Waals surface area contributed by atoms with Crippen molar-refractivity contribution in [2.45, 2.75) is 24.5 Å². The molecule has 1 N–H and O–H groups in total. The van der Waals surface area contributed by atoms with Crippen molar-refractivity contribution in [3.63, 3.8) is 0 Å². The van der Waals surface area contributed by atoms with E-state index in [1.807, 2.05) is 17.5 Å². The predicted octanol–water partition coefficient (Wildman–Crippen LogP) is 2.62. The lowest BCUT2D eigenvalue weighted by molar-refractivity contribution is 0.199. The van der Waals surface area contributed by atoms with Crippen LogP contribution in [0, 0.1) is 0 Å². The minimum atomic E-state index is -3.50. The standard InChI is InChI=1S/C14H17NO3S2/c1-11(16)12-5-7-14(8-6-12)20(17,18)15(2)10-13-4-3-9-19-13/h3-9,11,16H,10H2,1-2H3. The van der Waals surface area contributed by atoms with Crippen LogP contribution in [0.1, 0.15) is 23.5 Å². The second kappa shape index (κ2) is 6.05. The minimum Gasteiger partial charge on any atom is -0.389 e. The Morgan fingerprint density at radius 1 is 1.25 bits per heavy atom. The molecule has 1 atom stereocenters. The molecular formula is C14H17NO3S2. The third-order valence-electron chi connectivity index (χ3n) is 3.03. The van der Waals surface area contributed by atoms with E-state index in [-0.39, 0.29) is 4.90 Å². The van der Waals surface area contributed by atoms with E-state index in [4.69, 9.17) is 0 Å². The Hall–Kier alpha value is -1.21. The van der Waals surface area contributed by atoms with Crippen molar-refractivity contribution in [2.75, 3.05) is 7.05 Å². The highest BCUT2D eigenvalue weighted by molar-refractivity contribution is 7.89. The van der Waals surface area contributed by atoms with Gasteiger partial charge in [0.25, 0.3) is 0 Å². The van der Waals surface area contributed by atoms with Crippen molar-refractivity contribution < 1.29 is 13.5 Å². The molecule has 20 heavy (non-hydrogen) atoms. The van der Waals surface area contributed by atoms with Gasteiger partial charge in [-0.3, -0.25) is 0 Å². The Balaban J connectivity index is 2.21. The molecule has 0 fully saturated rings. The highest BCUT2D eigenvalue weighted by Gasteiger charge is 2.21. The second-order valence-corrected chi connectivity index (χ2v) is 7.66. The fourth-order valence-corrected chi connectivity index (χ4v) is 3.79. The third-order valence-corrected chi connectivity index (χ3v) is 5.71. The van der Waals surface area contributed by atoms with Gasteiger partial charge in [0, 0.05) is 18.5 Å². The van der Waals surface area contributed by atoms with E-state index in [1.54, 1.807) is 26.1 Å². The fourth-order valence-electron chi connectivity index (χ4n) is 1.81. The van der Waals surface area contributed by atoms with Gasteiger partial charge in [-0.2, -0.15) is 4.31 Å². The number of aliphatic hydroxyl groups excluding tert-OH is 1. The lowest BCUT2D eigenvalue weighted by Gasteiger charge is -2.16. The van der Waals surface area contributed by atoms with Crippen molar-refractivity contribution in [3.8, 4) is 0 Å². The molecule has 0 amide bonds. The second-order valence-electron chi connectivity index (χ2n) is 4.59. The summed E-state index contributed by atoms with van der Waals surface area (Å²) in [5, 5.41) is 11.4. The molecule has 0 saturated heterocycles. The SMILES string of the molecule is CC(O)c1ccc(S(=O)(=O)N(C)Cc2cccs2)cc1. The molecule has 2 aromatic rings. The smallest absolute Gasteiger partial charge is 0.243 e. The molecular weight excluding hydrogens is 294 g/mol. The van der Waals surface area contributed by atoms with Crippen molar-refractivity contribution in [2.24, 2.45) is 0 Å². The van der Waals surface area contributed by atoms with Crippen molar-refractivity contribution >= 4 is 21.4 Å². The molecule has 0 aliphatic rings. The zero-order valence-corrected chi connectivity index (χ0v) is 13.0. The van der Waals surface area contributed by atoms with Crippen LogP contribution in [-0.4, -0.2) is 24.9 Å². The number of nitrogens with zero attached hydrogens (tertiary/aromatic N) is 1. The molecule has 2 rings (SSSR count). The van der Waals surface area contributed by atoms with Crippen LogP contribution in [0.25, 0.3) is 0 Å². The quantitative estimate of drug-likeness (QED) is 0.923. The van der Waals surface area contributed by atoms with Crippen LogP contribution in [-0.2, 0) is 16.6 Å². The Morgan fingerprint density at radius 3 is 2.40 bits per heavy atom. The molecule has 1 unspecified atom stereocenters. The summed E-state index contributed by atoms with van der Waals surface area (Å²) < 4.78 is 26.1. The number of rotatable bonds is 5. The maximum Gasteiger partial charge on any atom is 0.243 e. The van der Waals surface area contributed by atoms with Crippen LogP contribution < -0.4 is 0 Å². The van der Waals surface area contributed by atoms with Crippen LogP contribution in [0.15, 0.2) is 46.7 Å². The average molecular weight is 311 g/mol. The van der Waals surface area contributed by atoms with Crippen molar-refractivity contribution in [1.29, 1.82) is 0 Å². The van der Waals surface area contributed by atoms with Crippen molar-refractivity contribution in [3.05, 3.63) is 52.2 Å². The van der Waals surface area contributed by atoms with Gasteiger partial charge in [-0.05, 0) is 36.1 Å². The molecule has 6 heteroatoms. The van der Waals surface area contributed by atoms with E-state index in [0.717, 1.165) is 4.88 Å². The van der Waals surface area contributed by atoms with Gasteiger partial charge in [0.05, 0.1) is 11.0 Å². The topological polar surface area (TPSA) is 57.6 Å². The van der Waals surface area contributed by atoms with Gasteiger partial charge in [0.1, 0.15) is 0 Å². The average Bonchev–Trinajstić information content (AvgIpc) is 2.91. The maximum atomic E-state index is 12.4. The normalized spacial score (nSPS) is 13.6. The van der Waals surface area contributed by atoms with Gasteiger partial charge >= 0.3 is 0 Å². The molecule has 1 heterocycles. The molecule has 0 saturated carbocycles. The Morgan fingerprint density at radius 2 is 1.90 bits per heavy atom. The monoisotopic (exact) mass is 311 g/mol. The van der Waals surface area contributed by atoms with E-state index in [0.29, 0.717) is 12.1 Å². The van der Waals surface area contributed by atoms with Crippen LogP contribution >= 0.6 is 11.3 Å². The summed E-state index contributed by atoms with van der Waals surface area (Å²) in [6.45, 7) is 2.00. The minimum absolute atomic E-state index is 0.237. The van der Waals surface area contributed by atoms with E-state index in [9.17, 15) is 13.5 Å².